The van der Waals surface area contributed by atoms with Gasteiger partial charge in [-0.3, -0.25) is 0 Å². The van der Waals surface area contributed by atoms with Crippen molar-refractivity contribution in [2.75, 3.05) is 38.5 Å². The molecule has 0 unspecified atom stereocenters. The monoisotopic (exact) mass is 308 g/mol. The predicted octanol–water partition coefficient (Wildman–Crippen LogP) is 0.251. The van der Waals surface area contributed by atoms with Gasteiger partial charge in [-0.2, -0.15) is 4.31 Å². The molecule has 20 heavy (non-hydrogen) atoms. The Bertz CT molecular complexity index is 422. The number of aliphatic hydroxyl groups is 1. The molecule has 1 saturated heterocycles. The van der Waals surface area contributed by atoms with Crippen LogP contribution in [0.3, 0.4) is 0 Å². The lowest BCUT2D eigenvalue weighted by Gasteiger charge is -2.34. The first-order valence-corrected chi connectivity index (χ1v) is 8.33. The quantitative estimate of drug-likeness (QED) is 0.804. The second-order valence-corrected chi connectivity index (χ2v) is 7.85. The van der Waals surface area contributed by atoms with Crippen molar-refractivity contribution >= 4 is 16.1 Å². The van der Waals surface area contributed by atoms with Gasteiger partial charge in [0.15, 0.2) is 0 Å². The molecule has 0 aromatic carbocycles. The summed E-state index contributed by atoms with van der Waals surface area (Å²) in [5.74, 6) is -0.0596. The maximum atomic E-state index is 11.9. The molecule has 1 rings (SSSR count). The molecule has 0 bridgehead atoms. The highest BCUT2D eigenvalue weighted by Crippen LogP contribution is 2.13. The molecule has 1 fully saturated rings. The molecule has 7 nitrogen and oxygen atoms in total. The van der Waals surface area contributed by atoms with Gasteiger partial charge in [-0.25, -0.2) is 13.2 Å². The van der Waals surface area contributed by atoms with E-state index in [1.165, 1.54) is 9.21 Å². The molecule has 0 aromatic heterocycles. The summed E-state index contributed by atoms with van der Waals surface area (Å²) in [6.07, 6.45) is -0.181. The number of hydrogen-bond acceptors (Lipinski definition) is 5. The van der Waals surface area contributed by atoms with Crippen LogP contribution in [0.15, 0.2) is 0 Å². The van der Waals surface area contributed by atoms with Crippen molar-refractivity contribution in [1.29, 1.82) is 0 Å². The van der Waals surface area contributed by atoms with Gasteiger partial charge >= 0.3 is 6.09 Å². The summed E-state index contributed by atoms with van der Waals surface area (Å²) in [7, 11) is -3.34. The van der Waals surface area contributed by atoms with Crippen LogP contribution in [-0.4, -0.2) is 73.0 Å². The zero-order valence-electron chi connectivity index (χ0n) is 12.3. The number of nitrogens with zero attached hydrogens (tertiary/aromatic N) is 2. The molecular weight excluding hydrogens is 284 g/mol. The molecule has 1 aliphatic heterocycles. The Morgan fingerprint density at radius 2 is 1.75 bits per heavy atom. The molecule has 0 radical (unpaired) electrons. The molecule has 0 saturated carbocycles. The molecule has 0 aliphatic carbocycles. The Labute approximate surface area is 120 Å². The maximum Gasteiger partial charge on any atom is 0.410 e. The number of sulfonamides is 1. The highest BCUT2D eigenvalue weighted by Gasteiger charge is 2.30. The van der Waals surface area contributed by atoms with E-state index in [0.29, 0.717) is 13.1 Å². The predicted molar refractivity (Wildman–Crippen MR) is 74.9 cm³/mol. The van der Waals surface area contributed by atoms with E-state index in [1.807, 2.05) is 0 Å². The average Bonchev–Trinajstić information content (AvgIpc) is 2.34. The summed E-state index contributed by atoms with van der Waals surface area (Å²) < 4.78 is 30.5. The minimum Gasteiger partial charge on any atom is -0.444 e. The highest BCUT2D eigenvalue weighted by atomic mass is 32.2. The van der Waals surface area contributed by atoms with Crippen molar-refractivity contribution in [2.45, 2.75) is 32.8 Å². The number of ether oxygens (including phenoxy) is 1. The SMILES string of the molecule is CC(C)(C)OC(=O)N1CCN(S(=O)(=O)CCCO)CC1. The van der Waals surface area contributed by atoms with Crippen LogP contribution in [-0.2, 0) is 14.8 Å². The fourth-order valence-corrected chi connectivity index (χ4v) is 3.32. The summed E-state index contributed by atoms with van der Waals surface area (Å²) in [6, 6.07) is 0. The number of amides is 1. The molecule has 1 aliphatic rings. The number of carbonyl (C=O) groups is 1. The summed E-state index contributed by atoms with van der Waals surface area (Å²) >= 11 is 0. The van der Waals surface area contributed by atoms with E-state index in [4.69, 9.17) is 9.84 Å². The Balaban J connectivity index is 2.49. The van der Waals surface area contributed by atoms with Crippen molar-refractivity contribution in [3.05, 3.63) is 0 Å². The highest BCUT2D eigenvalue weighted by molar-refractivity contribution is 7.89. The second-order valence-electron chi connectivity index (χ2n) is 5.76. The van der Waals surface area contributed by atoms with Gasteiger partial charge in [0.2, 0.25) is 10.0 Å². The molecular formula is C12H24N2O5S. The lowest BCUT2D eigenvalue weighted by molar-refractivity contribution is 0.0192. The van der Waals surface area contributed by atoms with Crippen LogP contribution in [0.25, 0.3) is 0 Å². The van der Waals surface area contributed by atoms with Crippen LogP contribution in [0, 0.1) is 0 Å². The third-order valence-electron chi connectivity index (χ3n) is 2.84. The van der Waals surface area contributed by atoms with Gasteiger partial charge < -0.3 is 14.7 Å². The van der Waals surface area contributed by atoms with Crippen molar-refractivity contribution < 1.29 is 23.1 Å². The Morgan fingerprint density at radius 1 is 1.20 bits per heavy atom. The van der Waals surface area contributed by atoms with E-state index in [2.05, 4.69) is 0 Å². The topological polar surface area (TPSA) is 87.2 Å². The van der Waals surface area contributed by atoms with Crippen LogP contribution in [0.4, 0.5) is 4.79 Å². The maximum absolute atomic E-state index is 11.9. The van der Waals surface area contributed by atoms with E-state index in [-0.39, 0.29) is 31.9 Å². The average molecular weight is 308 g/mol. The zero-order chi connectivity index (χ0) is 15.4. The van der Waals surface area contributed by atoms with Crippen molar-refractivity contribution in [3.63, 3.8) is 0 Å². The van der Waals surface area contributed by atoms with Crippen molar-refractivity contribution in [3.8, 4) is 0 Å². The molecule has 0 aromatic rings. The van der Waals surface area contributed by atoms with Gasteiger partial charge in [-0.05, 0) is 27.2 Å². The van der Waals surface area contributed by atoms with E-state index < -0.39 is 21.7 Å². The first kappa shape index (κ1) is 17.2. The molecule has 8 heteroatoms. The van der Waals surface area contributed by atoms with Gasteiger partial charge in [-0.15, -0.1) is 0 Å². The molecule has 1 heterocycles. The van der Waals surface area contributed by atoms with E-state index in [1.54, 1.807) is 20.8 Å². The fraction of sp³-hybridized carbons (Fsp3) is 0.917. The first-order chi connectivity index (χ1) is 9.15. The third-order valence-corrected chi connectivity index (χ3v) is 4.80. The van der Waals surface area contributed by atoms with Gasteiger partial charge in [0, 0.05) is 32.8 Å². The van der Waals surface area contributed by atoms with Gasteiger partial charge in [0.1, 0.15) is 5.60 Å². The summed E-state index contributed by atoms with van der Waals surface area (Å²) in [4.78, 5) is 13.4. The molecule has 0 spiro atoms. The third kappa shape index (κ3) is 5.26. The zero-order valence-corrected chi connectivity index (χ0v) is 13.1. The number of aliphatic hydroxyl groups excluding tert-OH is 1. The molecule has 1 N–H and O–H groups in total. The molecule has 0 atom stereocenters. The van der Waals surface area contributed by atoms with Gasteiger partial charge in [0.05, 0.1) is 5.75 Å². The van der Waals surface area contributed by atoms with E-state index in [0.717, 1.165) is 0 Å². The van der Waals surface area contributed by atoms with E-state index >= 15 is 0 Å². The van der Waals surface area contributed by atoms with Crippen molar-refractivity contribution in [2.24, 2.45) is 0 Å². The summed E-state index contributed by atoms with van der Waals surface area (Å²) in [6.45, 7) is 6.43. The fourth-order valence-electron chi connectivity index (χ4n) is 1.85. The lowest BCUT2D eigenvalue weighted by atomic mass is 10.2. The number of piperazine rings is 1. The minimum absolute atomic E-state index is 0.0596. The summed E-state index contributed by atoms with van der Waals surface area (Å²) in [5, 5.41) is 8.70. The van der Waals surface area contributed by atoms with Crippen molar-refractivity contribution in [1.82, 2.24) is 9.21 Å². The Kier molecular flexibility index (Phi) is 5.79. The number of rotatable bonds is 4. The summed E-state index contributed by atoms with van der Waals surface area (Å²) in [5.41, 5.74) is -0.554. The standard InChI is InChI=1S/C12H24N2O5S/c1-12(2,3)19-11(16)13-5-7-14(8-6-13)20(17,18)10-4-9-15/h15H,4-10H2,1-3H3. The normalized spacial score (nSPS) is 18.1. The van der Waals surface area contributed by atoms with Gasteiger partial charge in [0.25, 0.3) is 0 Å². The van der Waals surface area contributed by atoms with Crippen LogP contribution < -0.4 is 0 Å². The van der Waals surface area contributed by atoms with Gasteiger partial charge in [-0.1, -0.05) is 0 Å². The largest absolute Gasteiger partial charge is 0.444 e. The van der Waals surface area contributed by atoms with E-state index in [9.17, 15) is 13.2 Å². The second kappa shape index (κ2) is 6.73. The van der Waals surface area contributed by atoms with Crippen LogP contribution >= 0.6 is 0 Å². The van der Waals surface area contributed by atoms with Crippen LogP contribution in [0.5, 0.6) is 0 Å². The molecule has 118 valence electrons. The first-order valence-electron chi connectivity index (χ1n) is 6.72. The minimum atomic E-state index is -3.34. The Hall–Kier alpha value is -0.860. The smallest absolute Gasteiger partial charge is 0.410 e. The molecule has 1 amide bonds. The number of carbonyl (C=O) groups excluding carboxylic acids is 1. The lowest BCUT2D eigenvalue weighted by Crippen LogP contribution is -2.52. The van der Waals surface area contributed by atoms with Crippen LogP contribution in [0.2, 0.25) is 0 Å². The van der Waals surface area contributed by atoms with Crippen LogP contribution in [0.1, 0.15) is 27.2 Å². The number of hydrogen-bond donors (Lipinski definition) is 1. The Morgan fingerprint density at radius 3 is 2.20 bits per heavy atom.